The lowest BCUT2D eigenvalue weighted by atomic mass is 10.2. The number of halogens is 2. The highest BCUT2D eigenvalue weighted by molar-refractivity contribution is 5.85. The summed E-state index contributed by atoms with van der Waals surface area (Å²) in [4.78, 5) is 9.54. The highest BCUT2D eigenvalue weighted by Crippen LogP contribution is 2.14. The zero-order valence-corrected chi connectivity index (χ0v) is 13.7. The van der Waals surface area contributed by atoms with E-state index in [9.17, 15) is 0 Å². The number of imidazole rings is 1. The average molecular weight is 322 g/mol. The Hall–Kier alpha value is -0.330. The number of aromatic nitrogens is 2. The first-order chi connectivity index (χ1) is 8.83. The van der Waals surface area contributed by atoms with Crippen LogP contribution in [0.25, 0.3) is 0 Å². The molecule has 0 aliphatic carbocycles. The predicted octanol–water partition coefficient (Wildman–Crippen LogP) is 0.967. The molecule has 20 heavy (non-hydrogen) atoms. The van der Waals surface area contributed by atoms with E-state index in [1.54, 1.807) is 0 Å². The molecule has 1 saturated heterocycles. The van der Waals surface area contributed by atoms with E-state index in [2.05, 4.69) is 31.7 Å². The second kappa shape index (κ2) is 8.20. The van der Waals surface area contributed by atoms with Crippen LogP contribution in [0.4, 0.5) is 0 Å². The van der Waals surface area contributed by atoms with Crippen molar-refractivity contribution in [1.82, 2.24) is 24.7 Å². The minimum Gasteiger partial charge on any atom is -0.333 e. The van der Waals surface area contributed by atoms with E-state index < -0.39 is 0 Å². The van der Waals surface area contributed by atoms with Gasteiger partial charge in [0, 0.05) is 45.8 Å². The topological polar surface area (TPSA) is 36.3 Å². The average Bonchev–Trinajstić information content (AvgIpc) is 2.62. The summed E-state index contributed by atoms with van der Waals surface area (Å²) in [6.07, 6.45) is 3.23. The Balaban J connectivity index is 0.000001000. The summed E-state index contributed by atoms with van der Waals surface area (Å²) < 4.78 is 2.32. The molecule has 0 saturated carbocycles. The maximum absolute atomic E-state index is 4.62. The molecule has 0 spiro atoms. The highest BCUT2D eigenvalue weighted by Gasteiger charge is 2.18. The largest absolute Gasteiger partial charge is 0.333 e. The van der Waals surface area contributed by atoms with E-state index in [0.29, 0.717) is 0 Å². The zero-order chi connectivity index (χ0) is 12.4. The van der Waals surface area contributed by atoms with Crippen molar-refractivity contribution in [3.8, 4) is 0 Å². The number of hydrogen-bond acceptors (Lipinski definition) is 4. The lowest BCUT2D eigenvalue weighted by Crippen LogP contribution is -2.44. The predicted molar refractivity (Wildman–Crippen MR) is 85.8 cm³/mol. The van der Waals surface area contributed by atoms with Crippen molar-refractivity contribution in [3.63, 3.8) is 0 Å². The molecule has 5 nitrogen and oxygen atoms in total. The lowest BCUT2D eigenvalue weighted by Gasteiger charge is -2.32. The van der Waals surface area contributed by atoms with Crippen molar-refractivity contribution in [2.45, 2.75) is 26.1 Å². The van der Waals surface area contributed by atoms with Gasteiger partial charge in [0.05, 0.1) is 17.7 Å². The minimum absolute atomic E-state index is 0. The smallest absolute Gasteiger partial charge is 0.0952 e. The van der Waals surface area contributed by atoms with Crippen LogP contribution < -0.4 is 5.32 Å². The summed E-state index contributed by atoms with van der Waals surface area (Å²) in [6.45, 7) is 8.89. The first-order valence-corrected chi connectivity index (χ1v) is 6.97. The summed E-state index contributed by atoms with van der Waals surface area (Å²) in [6, 6.07) is 0. The third-order valence-corrected chi connectivity index (χ3v) is 4.05. The van der Waals surface area contributed by atoms with Crippen LogP contribution in [0.5, 0.6) is 0 Å². The molecule has 0 aromatic carbocycles. The number of likely N-dealkylation sites (N-methyl/N-ethyl adjacent to an activating group) is 1. The van der Waals surface area contributed by atoms with Gasteiger partial charge < -0.3 is 14.8 Å². The number of nitrogens with zero attached hydrogens (tertiary/aromatic N) is 4. The lowest BCUT2D eigenvalue weighted by molar-refractivity contribution is 0.146. The molecule has 0 unspecified atom stereocenters. The van der Waals surface area contributed by atoms with Crippen molar-refractivity contribution < 1.29 is 0 Å². The van der Waals surface area contributed by atoms with Crippen LogP contribution in [0.3, 0.4) is 0 Å². The second-order valence-corrected chi connectivity index (χ2v) is 5.44. The Bertz CT molecular complexity index is 401. The molecule has 7 heteroatoms. The van der Waals surface area contributed by atoms with Gasteiger partial charge >= 0.3 is 0 Å². The van der Waals surface area contributed by atoms with Crippen LogP contribution in [-0.2, 0) is 19.6 Å². The molecule has 1 aromatic rings. The molecule has 3 rings (SSSR count). The van der Waals surface area contributed by atoms with Crippen molar-refractivity contribution in [3.05, 3.63) is 17.7 Å². The van der Waals surface area contributed by atoms with Gasteiger partial charge in [-0.1, -0.05) is 0 Å². The number of aryl methyl sites for hydroxylation is 1. The Labute approximate surface area is 133 Å². The van der Waals surface area contributed by atoms with Gasteiger partial charge in [-0.25, -0.2) is 4.98 Å². The Morgan fingerprint density at radius 2 is 1.90 bits per heavy atom. The second-order valence-electron chi connectivity index (χ2n) is 5.44. The highest BCUT2D eigenvalue weighted by atomic mass is 35.5. The normalized spacial score (nSPS) is 20.4. The number of fused-ring (bicyclic) bond motifs is 1. The molecule has 1 N–H and O–H groups in total. The molecular formula is C13H25Cl2N5. The SMILES string of the molecule is CN1CCN(Cc2ncn3c2CNCCC3)CC1.Cl.Cl. The fraction of sp³-hybridized carbons (Fsp3) is 0.769. The van der Waals surface area contributed by atoms with Crippen LogP contribution in [-0.4, -0.2) is 59.1 Å². The van der Waals surface area contributed by atoms with Gasteiger partial charge in [-0.15, -0.1) is 24.8 Å². The third kappa shape index (κ3) is 4.09. The van der Waals surface area contributed by atoms with Crippen molar-refractivity contribution >= 4 is 24.8 Å². The fourth-order valence-corrected chi connectivity index (χ4v) is 2.78. The number of piperazine rings is 1. The summed E-state index contributed by atoms with van der Waals surface area (Å²) in [5.74, 6) is 0. The number of nitrogens with one attached hydrogen (secondary N) is 1. The first kappa shape index (κ1) is 17.7. The van der Waals surface area contributed by atoms with Gasteiger partial charge in [0.15, 0.2) is 0 Å². The van der Waals surface area contributed by atoms with Crippen molar-refractivity contribution in [2.75, 3.05) is 39.8 Å². The molecule has 0 amide bonds. The molecular weight excluding hydrogens is 297 g/mol. The Kier molecular flexibility index (Phi) is 7.26. The Morgan fingerprint density at radius 3 is 2.65 bits per heavy atom. The summed E-state index contributed by atoms with van der Waals surface area (Å²) >= 11 is 0. The molecule has 0 radical (unpaired) electrons. The minimum atomic E-state index is 0. The molecule has 2 aliphatic rings. The Morgan fingerprint density at radius 1 is 1.15 bits per heavy atom. The van der Waals surface area contributed by atoms with Gasteiger partial charge in [0.1, 0.15) is 0 Å². The van der Waals surface area contributed by atoms with Crippen molar-refractivity contribution in [1.29, 1.82) is 0 Å². The molecule has 3 heterocycles. The van der Waals surface area contributed by atoms with Crippen LogP contribution >= 0.6 is 24.8 Å². The quantitative estimate of drug-likeness (QED) is 0.880. The van der Waals surface area contributed by atoms with Crippen LogP contribution in [0.2, 0.25) is 0 Å². The fourth-order valence-electron chi connectivity index (χ4n) is 2.78. The standard InChI is InChI=1S/C13H23N5.2ClH/c1-16-5-7-17(8-6-16)10-12-13-9-14-3-2-4-18(13)11-15-12;;/h11,14H,2-10H2,1H3;2*1H. The van der Waals surface area contributed by atoms with E-state index >= 15 is 0 Å². The van der Waals surface area contributed by atoms with E-state index in [0.717, 1.165) is 39.3 Å². The number of hydrogen-bond donors (Lipinski definition) is 1. The molecule has 0 bridgehead atoms. The first-order valence-electron chi connectivity index (χ1n) is 6.97. The summed E-state index contributed by atoms with van der Waals surface area (Å²) in [5, 5.41) is 3.49. The molecule has 1 fully saturated rings. The van der Waals surface area contributed by atoms with Crippen LogP contribution in [0.1, 0.15) is 17.8 Å². The van der Waals surface area contributed by atoms with E-state index in [1.807, 2.05) is 6.33 Å². The maximum atomic E-state index is 4.62. The van der Waals surface area contributed by atoms with Gasteiger partial charge in [0.2, 0.25) is 0 Å². The van der Waals surface area contributed by atoms with Gasteiger partial charge in [0.25, 0.3) is 0 Å². The van der Waals surface area contributed by atoms with E-state index in [4.69, 9.17) is 0 Å². The maximum Gasteiger partial charge on any atom is 0.0952 e. The van der Waals surface area contributed by atoms with Gasteiger partial charge in [-0.3, -0.25) is 4.90 Å². The molecule has 0 atom stereocenters. The van der Waals surface area contributed by atoms with Crippen LogP contribution in [0.15, 0.2) is 6.33 Å². The van der Waals surface area contributed by atoms with Gasteiger partial charge in [-0.2, -0.15) is 0 Å². The van der Waals surface area contributed by atoms with Crippen molar-refractivity contribution in [2.24, 2.45) is 0 Å². The summed E-state index contributed by atoms with van der Waals surface area (Å²) in [7, 11) is 2.20. The van der Waals surface area contributed by atoms with E-state index in [1.165, 1.54) is 30.9 Å². The van der Waals surface area contributed by atoms with Crippen LogP contribution in [0, 0.1) is 0 Å². The van der Waals surface area contributed by atoms with Gasteiger partial charge in [-0.05, 0) is 20.0 Å². The molecule has 2 aliphatic heterocycles. The molecule has 1 aromatic heterocycles. The number of rotatable bonds is 2. The third-order valence-electron chi connectivity index (χ3n) is 4.05. The monoisotopic (exact) mass is 321 g/mol. The van der Waals surface area contributed by atoms with E-state index in [-0.39, 0.29) is 24.8 Å². The zero-order valence-electron chi connectivity index (χ0n) is 12.0. The molecule has 116 valence electrons. The summed E-state index contributed by atoms with van der Waals surface area (Å²) in [5.41, 5.74) is 2.67.